The number of H-pyrrole nitrogens is 1. The van der Waals surface area contributed by atoms with E-state index in [9.17, 15) is 24.1 Å². The van der Waals surface area contributed by atoms with Crippen molar-refractivity contribution in [3.8, 4) is 0 Å². The molecule has 5 N–H and O–H groups in total. The van der Waals surface area contributed by atoms with Crippen LogP contribution in [0.4, 0.5) is 4.79 Å². The number of aromatic amines is 1. The fourth-order valence-corrected chi connectivity index (χ4v) is 5.21. The maximum Gasteiger partial charge on any atom is 0.328 e. The van der Waals surface area contributed by atoms with Crippen LogP contribution in [0.15, 0.2) is 18.2 Å². The summed E-state index contributed by atoms with van der Waals surface area (Å²) in [5, 5.41) is 11.4. The van der Waals surface area contributed by atoms with Gasteiger partial charge < -0.3 is 39.6 Å². The third-order valence-electron chi connectivity index (χ3n) is 6.51. The number of hydrogen-bond acceptors (Lipinski definition) is 6. The molecular formula is C23H30N7O7P. The summed E-state index contributed by atoms with van der Waals surface area (Å²) in [7, 11) is 0.549. The molecule has 0 spiro atoms. The molecule has 0 saturated carbocycles. The van der Waals surface area contributed by atoms with Crippen LogP contribution in [-0.2, 0) is 29.4 Å². The SMILES string of the molecule is CC(c1nc2c([nH]1)CCN(C(=O)N(C)C)C2)c1nc2ccc(C(=O)NC(CP(=O)(O)O)C(=O)O)cc2n1C. The topological polar surface area (TPSA) is 194 Å². The lowest BCUT2D eigenvalue weighted by atomic mass is 10.1. The van der Waals surface area contributed by atoms with E-state index in [2.05, 4.69) is 10.3 Å². The minimum absolute atomic E-state index is 0.0696. The fraction of sp³-hybridized carbons (Fsp3) is 0.435. The van der Waals surface area contributed by atoms with Gasteiger partial charge >= 0.3 is 19.6 Å². The molecule has 0 aliphatic carbocycles. The second-order valence-corrected chi connectivity index (χ2v) is 11.3. The van der Waals surface area contributed by atoms with Gasteiger partial charge in [-0.05, 0) is 25.1 Å². The monoisotopic (exact) mass is 547 g/mol. The summed E-state index contributed by atoms with van der Waals surface area (Å²) in [5.41, 5.74) is 3.14. The summed E-state index contributed by atoms with van der Waals surface area (Å²) in [6.07, 6.45) is -0.354. The largest absolute Gasteiger partial charge is 0.480 e. The normalized spacial score (nSPS) is 15.2. The Morgan fingerprint density at radius 3 is 2.58 bits per heavy atom. The average Bonchev–Trinajstić information content (AvgIpc) is 3.42. The van der Waals surface area contributed by atoms with Crippen LogP contribution < -0.4 is 5.32 Å². The van der Waals surface area contributed by atoms with E-state index < -0.39 is 31.7 Å². The van der Waals surface area contributed by atoms with E-state index in [1.165, 1.54) is 11.0 Å². The maximum atomic E-state index is 12.7. The Kier molecular flexibility index (Phi) is 7.33. The first-order valence-corrected chi connectivity index (χ1v) is 13.6. The number of urea groups is 1. The molecule has 0 bridgehead atoms. The number of fused-ring (bicyclic) bond motifs is 2. The lowest BCUT2D eigenvalue weighted by molar-refractivity contribution is -0.138. The van der Waals surface area contributed by atoms with Gasteiger partial charge in [-0.1, -0.05) is 0 Å². The number of imidazole rings is 2. The Morgan fingerprint density at radius 1 is 1.24 bits per heavy atom. The predicted molar refractivity (Wildman–Crippen MR) is 136 cm³/mol. The van der Waals surface area contributed by atoms with Gasteiger partial charge in [-0.25, -0.2) is 19.6 Å². The van der Waals surface area contributed by atoms with Crippen molar-refractivity contribution in [2.75, 3.05) is 26.8 Å². The molecule has 1 aliphatic heterocycles. The van der Waals surface area contributed by atoms with Crippen molar-refractivity contribution in [3.05, 3.63) is 46.8 Å². The number of nitrogens with zero attached hydrogens (tertiary/aromatic N) is 5. The van der Waals surface area contributed by atoms with Crippen molar-refractivity contribution in [2.45, 2.75) is 31.8 Å². The Bertz CT molecular complexity index is 1460. The van der Waals surface area contributed by atoms with Crippen LogP contribution in [0.1, 0.15) is 46.2 Å². The molecule has 1 aliphatic rings. The molecule has 38 heavy (non-hydrogen) atoms. The lowest BCUT2D eigenvalue weighted by Gasteiger charge is -2.28. The molecule has 3 heterocycles. The zero-order valence-corrected chi connectivity index (χ0v) is 22.3. The van der Waals surface area contributed by atoms with Crippen molar-refractivity contribution >= 4 is 36.5 Å². The van der Waals surface area contributed by atoms with Gasteiger partial charge in [0, 0.05) is 45.4 Å². The van der Waals surface area contributed by atoms with Crippen molar-refractivity contribution in [2.24, 2.45) is 7.05 Å². The molecule has 0 saturated heterocycles. The summed E-state index contributed by atoms with van der Waals surface area (Å²) in [4.78, 5) is 70.8. The van der Waals surface area contributed by atoms with Crippen LogP contribution in [0.25, 0.3) is 11.0 Å². The van der Waals surface area contributed by atoms with Gasteiger partial charge in [-0.15, -0.1) is 0 Å². The third kappa shape index (κ3) is 5.57. The van der Waals surface area contributed by atoms with Crippen LogP contribution in [0.3, 0.4) is 0 Å². The van der Waals surface area contributed by atoms with Gasteiger partial charge in [0.1, 0.15) is 17.7 Å². The number of carboxylic acids is 1. The zero-order chi connectivity index (χ0) is 27.9. The number of aryl methyl sites for hydroxylation is 1. The molecular weight excluding hydrogens is 517 g/mol. The van der Waals surface area contributed by atoms with Crippen LogP contribution in [0.2, 0.25) is 0 Å². The van der Waals surface area contributed by atoms with E-state index in [1.807, 2.05) is 11.5 Å². The molecule has 3 aromatic rings. The van der Waals surface area contributed by atoms with Gasteiger partial charge in [0.15, 0.2) is 0 Å². The quantitative estimate of drug-likeness (QED) is 0.267. The van der Waals surface area contributed by atoms with Crippen molar-refractivity contribution in [1.82, 2.24) is 34.6 Å². The van der Waals surface area contributed by atoms with E-state index in [1.54, 1.807) is 38.2 Å². The number of carboxylic acid groups (broad SMARTS) is 1. The number of carbonyl (C=O) groups is 3. The van der Waals surface area contributed by atoms with Gasteiger partial charge in [0.25, 0.3) is 5.91 Å². The molecule has 2 aromatic heterocycles. The Hall–Kier alpha value is -3.74. The summed E-state index contributed by atoms with van der Waals surface area (Å²) in [5.74, 6) is -1.19. The van der Waals surface area contributed by atoms with Crippen molar-refractivity contribution in [1.29, 1.82) is 0 Å². The molecule has 0 radical (unpaired) electrons. The van der Waals surface area contributed by atoms with Crippen LogP contribution in [0, 0.1) is 0 Å². The molecule has 15 heteroatoms. The van der Waals surface area contributed by atoms with Gasteiger partial charge in [0.2, 0.25) is 0 Å². The molecule has 2 unspecified atom stereocenters. The Labute approximate surface area is 217 Å². The number of carbonyl (C=O) groups excluding carboxylic acids is 2. The molecule has 204 valence electrons. The van der Waals surface area contributed by atoms with Gasteiger partial charge in [-0.2, -0.15) is 0 Å². The lowest BCUT2D eigenvalue weighted by Crippen LogP contribution is -2.43. The van der Waals surface area contributed by atoms with Gasteiger partial charge in [0.05, 0.1) is 35.4 Å². The molecule has 2 atom stereocenters. The minimum Gasteiger partial charge on any atom is -0.480 e. The first kappa shape index (κ1) is 27.3. The zero-order valence-electron chi connectivity index (χ0n) is 21.4. The Morgan fingerprint density at radius 2 is 1.95 bits per heavy atom. The van der Waals surface area contributed by atoms with E-state index >= 15 is 0 Å². The molecule has 1 aromatic carbocycles. The van der Waals surface area contributed by atoms with E-state index in [-0.39, 0.29) is 17.5 Å². The highest BCUT2D eigenvalue weighted by Crippen LogP contribution is 2.35. The highest BCUT2D eigenvalue weighted by atomic mass is 31.2. The number of aromatic nitrogens is 4. The summed E-state index contributed by atoms with van der Waals surface area (Å²) in [6, 6.07) is 2.83. The van der Waals surface area contributed by atoms with E-state index in [0.29, 0.717) is 42.2 Å². The number of amides is 3. The standard InChI is InChI=1S/C23H30N7O7P/c1-12(19-24-14-7-8-30(10-16(14)25-19)23(34)28(2)3)20-26-15-6-5-13(9-18(15)29(20)4)21(31)27-17(22(32)33)11-38(35,36)37/h5-6,9,12,17H,7-8,10-11H2,1-4H3,(H,24,25)(H,27,31)(H,32,33)(H2,35,36,37). The molecule has 3 amide bonds. The number of benzene rings is 1. The molecule has 0 fully saturated rings. The highest BCUT2D eigenvalue weighted by molar-refractivity contribution is 7.51. The van der Waals surface area contributed by atoms with Crippen LogP contribution >= 0.6 is 7.60 Å². The number of rotatable bonds is 7. The summed E-state index contributed by atoms with van der Waals surface area (Å²) in [6.45, 7) is 2.95. The molecule has 4 rings (SSSR count). The number of nitrogens with one attached hydrogen (secondary N) is 2. The highest BCUT2D eigenvalue weighted by Gasteiger charge is 2.30. The summed E-state index contributed by atoms with van der Waals surface area (Å²) < 4.78 is 13.1. The van der Waals surface area contributed by atoms with Crippen molar-refractivity contribution < 1.29 is 33.8 Å². The molecule has 14 nitrogen and oxygen atoms in total. The van der Waals surface area contributed by atoms with E-state index in [4.69, 9.17) is 19.8 Å². The summed E-state index contributed by atoms with van der Waals surface area (Å²) >= 11 is 0. The first-order valence-electron chi connectivity index (χ1n) is 11.8. The predicted octanol–water partition coefficient (Wildman–Crippen LogP) is 0.849. The maximum absolute atomic E-state index is 12.7. The first-order chi connectivity index (χ1) is 17.7. The smallest absolute Gasteiger partial charge is 0.328 e. The minimum atomic E-state index is -4.66. The van der Waals surface area contributed by atoms with Crippen molar-refractivity contribution in [3.63, 3.8) is 0 Å². The fourth-order valence-electron chi connectivity index (χ4n) is 4.49. The second-order valence-electron chi connectivity index (χ2n) is 9.56. The number of aliphatic carboxylic acids is 1. The second kappa shape index (κ2) is 10.2. The number of hydrogen-bond donors (Lipinski definition) is 5. The van der Waals surface area contributed by atoms with Crippen LogP contribution in [-0.4, -0.2) is 95.0 Å². The van der Waals surface area contributed by atoms with Gasteiger partial charge in [-0.3, -0.25) is 9.36 Å². The average molecular weight is 548 g/mol. The third-order valence-corrected chi connectivity index (χ3v) is 7.35. The van der Waals surface area contributed by atoms with Crippen LogP contribution in [0.5, 0.6) is 0 Å². The Balaban J connectivity index is 1.57. The van der Waals surface area contributed by atoms with E-state index in [0.717, 1.165) is 11.4 Å².